The molecular formula is C11H15NO2. The molecule has 3 heteroatoms. The number of phenols is 1. The molecule has 0 bridgehead atoms. The predicted octanol–water partition coefficient (Wildman–Crippen LogP) is 2.13. The molecule has 0 aliphatic heterocycles. The molecule has 0 fully saturated rings. The van der Waals surface area contributed by atoms with Gasteiger partial charge in [0.15, 0.2) is 5.78 Å². The van der Waals surface area contributed by atoms with Gasteiger partial charge >= 0.3 is 0 Å². The zero-order chi connectivity index (χ0) is 10.7. The molecule has 0 aliphatic carbocycles. The lowest BCUT2D eigenvalue weighted by Crippen LogP contribution is -1.99. The SMILES string of the molecule is CCCc1cc(N)c(O)c(C(C)=O)c1. The number of rotatable bonds is 3. The molecule has 0 spiro atoms. The van der Waals surface area contributed by atoms with Crippen LogP contribution in [-0.2, 0) is 6.42 Å². The fraction of sp³-hybridized carbons (Fsp3) is 0.364. The van der Waals surface area contributed by atoms with Gasteiger partial charge in [0, 0.05) is 0 Å². The summed E-state index contributed by atoms with van der Waals surface area (Å²) in [6.07, 6.45) is 1.85. The summed E-state index contributed by atoms with van der Waals surface area (Å²) in [5, 5.41) is 9.51. The number of carbonyl (C=O) groups excluding carboxylic acids is 1. The fourth-order valence-electron chi connectivity index (χ4n) is 1.42. The van der Waals surface area contributed by atoms with E-state index in [1.54, 1.807) is 12.1 Å². The van der Waals surface area contributed by atoms with Gasteiger partial charge in [-0.1, -0.05) is 13.3 Å². The lowest BCUT2D eigenvalue weighted by atomic mass is 10.0. The summed E-state index contributed by atoms with van der Waals surface area (Å²) in [7, 11) is 0. The summed E-state index contributed by atoms with van der Waals surface area (Å²) < 4.78 is 0. The van der Waals surface area contributed by atoms with Crippen LogP contribution in [0.3, 0.4) is 0 Å². The molecule has 0 saturated carbocycles. The molecule has 0 heterocycles. The highest BCUT2D eigenvalue weighted by Crippen LogP contribution is 2.27. The number of carbonyl (C=O) groups is 1. The highest BCUT2D eigenvalue weighted by molar-refractivity contribution is 5.98. The molecule has 0 aromatic heterocycles. The number of aryl methyl sites for hydroxylation is 1. The van der Waals surface area contributed by atoms with Gasteiger partial charge in [-0.3, -0.25) is 4.79 Å². The molecule has 76 valence electrons. The van der Waals surface area contributed by atoms with Gasteiger partial charge in [-0.25, -0.2) is 0 Å². The van der Waals surface area contributed by atoms with E-state index in [1.807, 2.05) is 0 Å². The van der Waals surface area contributed by atoms with Crippen molar-refractivity contribution in [3.8, 4) is 5.75 Å². The highest BCUT2D eigenvalue weighted by Gasteiger charge is 2.10. The molecule has 0 unspecified atom stereocenters. The molecule has 3 N–H and O–H groups in total. The van der Waals surface area contributed by atoms with E-state index in [9.17, 15) is 9.90 Å². The Kier molecular flexibility index (Phi) is 3.12. The number of anilines is 1. The quantitative estimate of drug-likeness (QED) is 0.439. The number of ketones is 1. The van der Waals surface area contributed by atoms with E-state index in [1.165, 1.54) is 6.92 Å². The van der Waals surface area contributed by atoms with E-state index in [-0.39, 0.29) is 17.2 Å². The van der Waals surface area contributed by atoms with Gasteiger partial charge in [-0.05, 0) is 31.0 Å². The Morgan fingerprint density at radius 2 is 2.14 bits per heavy atom. The number of Topliss-reactive ketones (excluding diaryl/α,β-unsaturated/α-hetero) is 1. The predicted molar refractivity (Wildman–Crippen MR) is 56.5 cm³/mol. The number of hydrogen-bond acceptors (Lipinski definition) is 3. The van der Waals surface area contributed by atoms with Crippen molar-refractivity contribution in [3.63, 3.8) is 0 Å². The molecule has 0 aliphatic rings. The smallest absolute Gasteiger partial charge is 0.163 e. The van der Waals surface area contributed by atoms with Crippen molar-refractivity contribution in [1.29, 1.82) is 0 Å². The number of phenolic OH excluding ortho intramolecular Hbond substituents is 1. The standard InChI is InChI=1S/C11H15NO2/c1-3-4-8-5-9(7(2)13)11(14)10(12)6-8/h5-6,14H,3-4,12H2,1-2H3. The zero-order valence-electron chi connectivity index (χ0n) is 8.50. The number of benzene rings is 1. The minimum Gasteiger partial charge on any atom is -0.505 e. The second-order valence-electron chi connectivity index (χ2n) is 3.39. The Bertz CT molecular complexity index is 359. The molecule has 1 rings (SSSR count). The Hall–Kier alpha value is -1.51. The lowest BCUT2D eigenvalue weighted by Gasteiger charge is -2.07. The third-order valence-corrected chi connectivity index (χ3v) is 2.12. The molecule has 1 aromatic rings. The van der Waals surface area contributed by atoms with E-state index in [0.717, 1.165) is 18.4 Å². The maximum absolute atomic E-state index is 11.2. The van der Waals surface area contributed by atoms with Crippen molar-refractivity contribution in [2.45, 2.75) is 26.7 Å². The van der Waals surface area contributed by atoms with Crippen molar-refractivity contribution in [2.75, 3.05) is 5.73 Å². The monoisotopic (exact) mass is 193 g/mol. The normalized spacial score (nSPS) is 10.1. The Morgan fingerprint density at radius 1 is 1.50 bits per heavy atom. The number of aromatic hydroxyl groups is 1. The third kappa shape index (κ3) is 2.05. The molecule has 0 radical (unpaired) electrons. The molecular weight excluding hydrogens is 178 g/mol. The summed E-state index contributed by atoms with van der Waals surface area (Å²) in [6, 6.07) is 3.42. The van der Waals surface area contributed by atoms with Crippen LogP contribution in [0.2, 0.25) is 0 Å². The summed E-state index contributed by atoms with van der Waals surface area (Å²) in [6.45, 7) is 3.47. The van der Waals surface area contributed by atoms with Gasteiger partial charge in [0.2, 0.25) is 0 Å². The first-order chi connectivity index (χ1) is 6.56. The first kappa shape index (κ1) is 10.6. The minimum absolute atomic E-state index is 0.0997. The Morgan fingerprint density at radius 3 is 2.64 bits per heavy atom. The van der Waals surface area contributed by atoms with Crippen LogP contribution >= 0.6 is 0 Å². The van der Waals surface area contributed by atoms with Crippen LogP contribution in [0.25, 0.3) is 0 Å². The second kappa shape index (κ2) is 4.13. The van der Waals surface area contributed by atoms with Crippen molar-refractivity contribution in [3.05, 3.63) is 23.3 Å². The van der Waals surface area contributed by atoms with Gasteiger partial charge < -0.3 is 10.8 Å². The topological polar surface area (TPSA) is 63.3 Å². The maximum Gasteiger partial charge on any atom is 0.163 e. The van der Waals surface area contributed by atoms with Crippen LogP contribution in [-0.4, -0.2) is 10.9 Å². The molecule has 3 nitrogen and oxygen atoms in total. The van der Waals surface area contributed by atoms with E-state index in [0.29, 0.717) is 5.56 Å². The van der Waals surface area contributed by atoms with E-state index < -0.39 is 0 Å². The zero-order valence-corrected chi connectivity index (χ0v) is 8.50. The van der Waals surface area contributed by atoms with E-state index in [2.05, 4.69) is 6.92 Å². The molecule has 0 amide bonds. The fourth-order valence-corrected chi connectivity index (χ4v) is 1.42. The van der Waals surface area contributed by atoms with Crippen LogP contribution < -0.4 is 5.73 Å². The van der Waals surface area contributed by atoms with Crippen molar-refractivity contribution in [2.24, 2.45) is 0 Å². The molecule has 14 heavy (non-hydrogen) atoms. The molecule has 1 aromatic carbocycles. The van der Waals surface area contributed by atoms with Gasteiger partial charge in [-0.15, -0.1) is 0 Å². The van der Waals surface area contributed by atoms with Crippen molar-refractivity contribution >= 4 is 11.5 Å². The second-order valence-corrected chi connectivity index (χ2v) is 3.39. The minimum atomic E-state index is -0.160. The van der Waals surface area contributed by atoms with Gasteiger partial charge in [0.25, 0.3) is 0 Å². The van der Waals surface area contributed by atoms with E-state index >= 15 is 0 Å². The lowest BCUT2D eigenvalue weighted by molar-refractivity contribution is 0.101. The highest BCUT2D eigenvalue weighted by atomic mass is 16.3. The van der Waals surface area contributed by atoms with Gasteiger partial charge in [0.1, 0.15) is 5.75 Å². The third-order valence-electron chi connectivity index (χ3n) is 2.12. The summed E-state index contributed by atoms with van der Waals surface area (Å²) in [4.78, 5) is 11.2. The van der Waals surface area contributed by atoms with Gasteiger partial charge in [0.05, 0.1) is 11.3 Å². The first-order valence-corrected chi connectivity index (χ1v) is 4.68. The van der Waals surface area contributed by atoms with Crippen LogP contribution in [0.15, 0.2) is 12.1 Å². The van der Waals surface area contributed by atoms with Crippen LogP contribution in [0.4, 0.5) is 5.69 Å². The Balaban J connectivity index is 3.21. The van der Waals surface area contributed by atoms with Crippen LogP contribution in [0, 0.1) is 0 Å². The molecule has 0 saturated heterocycles. The van der Waals surface area contributed by atoms with Crippen molar-refractivity contribution in [1.82, 2.24) is 0 Å². The summed E-state index contributed by atoms with van der Waals surface area (Å²) in [5.41, 5.74) is 7.17. The average Bonchev–Trinajstić information content (AvgIpc) is 2.11. The average molecular weight is 193 g/mol. The number of hydrogen-bond donors (Lipinski definition) is 2. The first-order valence-electron chi connectivity index (χ1n) is 4.68. The summed E-state index contributed by atoms with van der Waals surface area (Å²) >= 11 is 0. The number of nitrogen functional groups attached to an aromatic ring is 1. The maximum atomic E-state index is 11.2. The van der Waals surface area contributed by atoms with E-state index in [4.69, 9.17) is 5.73 Å². The van der Waals surface area contributed by atoms with Crippen LogP contribution in [0.5, 0.6) is 5.75 Å². The van der Waals surface area contributed by atoms with Gasteiger partial charge in [-0.2, -0.15) is 0 Å². The number of nitrogens with two attached hydrogens (primary N) is 1. The van der Waals surface area contributed by atoms with Crippen LogP contribution in [0.1, 0.15) is 36.2 Å². The summed E-state index contributed by atoms with van der Waals surface area (Å²) in [5.74, 6) is -0.260. The largest absolute Gasteiger partial charge is 0.505 e. The van der Waals surface area contributed by atoms with Crippen molar-refractivity contribution < 1.29 is 9.90 Å². The molecule has 0 atom stereocenters. The Labute approximate surface area is 83.6 Å².